The Kier molecular flexibility index (Phi) is 7.76. The summed E-state index contributed by atoms with van der Waals surface area (Å²) in [6, 6.07) is 9.61. The fourth-order valence-electron chi connectivity index (χ4n) is 1.65. The maximum Gasteiger partial charge on any atom is 0.243 e. The fraction of sp³-hybridized carbons (Fsp3) is 0.333. The molecular weight excluding hydrogens is 256 g/mol. The Balaban J connectivity index is 2.09. The lowest BCUT2D eigenvalue weighted by Crippen LogP contribution is -2.22. The number of carbonyl (C=O) groups excluding carboxylic acids is 2. The Morgan fingerprint density at radius 1 is 1.10 bits per heavy atom. The molecule has 5 nitrogen and oxygen atoms in total. The quantitative estimate of drug-likeness (QED) is 0.293. The Hall–Kier alpha value is -2.14. The van der Waals surface area contributed by atoms with Crippen molar-refractivity contribution in [3.63, 3.8) is 0 Å². The van der Waals surface area contributed by atoms with Crippen LogP contribution >= 0.6 is 0 Å². The highest BCUT2D eigenvalue weighted by Gasteiger charge is 1.99. The molecule has 0 radical (unpaired) electrons. The molecule has 5 heteroatoms. The number of unbranched alkanes of at least 4 members (excludes halogenated alkanes) is 2. The lowest BCUT2D eigenvalue weighted by molar-refractivity contribution is -0.129. The molecule has 0 atom stereocenters. The van der Waals surface area contributed by atoms with E-state index in [-0.39, 0.29) is 11.8 Å². The molecule has 0 bridgehead atoms. The van der Waals surface area contributed by atoms with Crippen LogP contribution in [0.2, 0.25) is 0 Å². The van der Waals surface area contributed by atoms with Crippen molar-refractivity contribution in [2.45, 2.75) is 25.7 Å². The van der Waals surface area contributed by atoms with Crippen LogP contribution in [0.1, 0.15) is 31.2 Å². The van der Waals surface area contributed by atoms with Crippen molar-refractivity contribution >= 4 is 17.9 Å². The zero-order chi connectivity index (χ0) is 14.6. The van der Waals surface area contributed by atoms with Gasteiger partial charge < -0.3 is 5.32 Å². The summed E-state index contributed by atoms with van der Waals surface area (Å²) in [5.41, 5.74) is 2.57. The predicted octanol–water partition coefficient (Wildman–Crippen LogP) is 1.88. The van der Waals surface area contributed by atoms with E-state index in [4.69, 9.17) is 5.21 Å². The summed E-state index contributed by atoms with van der Waals surface area (Å²) in [5, 5.41) is 11.1. The van der Waals surface area contributed by atoms with Gasteiger partial charge in [0.05, 0.1) is 0 Å². The van der Waals surface area contributed by atoms with Gasteiger partial charge in [0.25, 0.3) is 0 Å². The Bertz CT molecular complexity index is 444. The average Bonchev–Trinajstić information content (AvgIpc) is 2.49. The van der Waals surface area contributed by atoms with Crippen molar-refractivity contribution in [3.8, 4) is 0 Å². The van der Waals surface area contributed by atoms with Crippen molar-refractivity contribution in [3.05, 3.63) is 42.0 Å². The van der Waals surface area contributed by atoms with Crippen LogP contribution in [0.15, 0.2) is 36.4 Å². The molecule has 2 amide bonds. The number of amides is 2. The molecule has 0 spiro atoms. The van der Waals surface area contributed by atoms with E-state index in [2.05, 4.69) is 5.32 Å². The summed E-state index contributed by atoms with van der Waals surface area (Å²) in [5.74, 6) is -0.498. The van der Waals surface area contributed by atoms with E-state index in [1.165, 1.54) is 6.08 Å². The van der Waals surface area contributed by atoms with Gasteiger partial charge in [-0.3, -0.25) is 14.8 Å². The summed E-state index contributed by atoms with van der Waals surface area (Å²) in [4.78, 5) is 22.2. The lowest BCUT2D eigenvalue weighted by Gasteiger charge is -2.02. The van der Waals surface area contributed by atoms with Crippen molar-refractivity contribution in [1.82, 2.24) is 10.8 Å². The molecule has 1 aromatic carbocycles. The minimum Gasteiger partial charge on any atom is -0.353 e. The Morgan fingerprint density at radius 3 is 2.55 bits per heavy atom. The summed E-state index contributed by atoms with van der Waals surface area (Å²) in [7, 11) is 0. The van der Waals surface area contributed by atoms with Crippen molar-refractivity contribution < 1.29 is 14.8 Å². The van der Waals surface area contributed by atoms with E-state index in [9.17, 15) is 9.59 Å². The summed E-state index contributed by atoms with van der Waals surface area (Å²) < 4.78 is 0. The number of carbonyl (C=O) groups is 2. The minimum absolute atomic E-state index is 0.123. The second kappa shape index (κ2) is 9.75. The molecule has 0 aliphatic carbocycles. The van der Waals surface area contributed by atoms with E-state index >= 15 is 0 Å². The molecule has 1 aromatic rings. The topological polar surface area (TPSA) is 78.4 Å². The van der Waals surface area contributed by atoms with Gasteiger partial charge in [-0.25, -0.2) is 5.48 Å². The first-order chi connectivity index (χ1) is 9.72. The third kappa shape index (κ3) is 7.33. The molecule has 0 fully saturated rings. The molecule has 0 aliphatic heterocycles. The van der Waals surface area contributed by atoms with Crippen LogP contribution < -0.4 is 10.8 Å². The zero-order valence-corrected chi connectivity index (χ0v) is 11.3. The predicted molar refractivity (Wildman–Crippen MR) is 76.9 cm³/mol. The van der Waals surface area contributed by atoms with Crippen LogP contribution in [0.5, 0.6) is 0 Å². The summed E-state index contributed by atoms with van der Waals surface area (Å²) >= 11 is 0. The van der Waals surface area contributed by atoms with E-state index in [0.29, 0.717) is 19.4 Å². The SMILES string of the molecule is O=C(C=Cc1ccccc1)NCCCCCC(=O)NO. The highest BCUT2D eigenvalue weighted by molar-refractivity contribution is 5.91. The van der Waals surface area contributed by atoms with Crippen LogP contribution in [0.25, 0.3) is 6.08 Å². The monoisotopic (exact) mass is 276 g/mol. The van der Waals surface area contributed by atoms with Gasteiger partial charge in [-0.1, -0.05) is 36.8 Å². The van der Waals surface area contributed by atoms with E-state index < -0.39 is 0 Å². The van der Waals surface area contributed by atoms with E-state index in [1.54, 1.807) is 11.6 Å². The summed E-state index contributed by atoms with van der Waals surface area (Å²) in [6.45, 7) is 0.582. The highest BCUT2D eigenvalue weighted by atomic mass is 16.5. The van der Waals surface area contributed by atoms with E-state index in [0.717, 1.165) is 18.4 Å². The van der Waals surface area contributed by atoms with Gasteiger partial charge in [-0.2, -0.15) is 0 Å². The second-order valence-corrected chi connectivity index (χ2v) is 4.38. The van der Waals surface area contributed by atoms with Crippen LogP contribution in [0.4, 0.5) is 0 Å². The molecule has 108 valence electrons. The number of benzene rings is 1. The molecule has 0 aliphatic rings. The number of hydroxylamine groups is 1. The Labute approximate surface area is 118 Å². The minimum atomic E-state index is -0.375. The normalized spacial score (nSPS) is 10.4. The molecule has 0 aromatic heterocycles. The van der Waals surface area contributed by atoms with Gasteiger partial charge >= 0.3 is 0 Å². The first-order valence-corrected chi connectivity index (χ1v) is 6.66. The third-order valence-corrected chi connectivity index (χ3v) is 2.73. The maximum absolute atomic E-state index is 11.5. The zero-order valence-electron chi connectivity index (χ0n) is 11.3. The second-order valence-electron chi connectivity index (χ2n) is 4.38. The number of nitrogens with one attached hydrogen (secondary N) is 2. The molecule has 1 rings (SSSR count). The van der Waals surface area contributed by atoms with Crippen LogP contribution in [-0.2, 0) is 9.59 Å². The lowest BCUT2D eigenvalue weighted by atomic mass is 10.2. The van der Waals surface area contributed by atoms with Crippen molar-refractivity contribution in [2.75, 3.05) is 6.54 Å². The summed E-state index contributed by atoms with van der Waals surface area (Å²) in [6.07, 6.45) is 5.91. The first kappa shape index (κ1) is 15.9. The van der Waals surface area contributed by atoms with Gasteiger partial charge in [-0.15, -0.1) is 0 Å². The first-order valence-electron chi connectivity index (χ1n) is 6.66. The van der Waals surface area contributed by atoms with Crippen molar-refractivity contribution in [2.24, 2.45) is 0 Å². The molecule has 0 saturated heterocycles. The smallest absolute Gasteiger partial charge is 0.243 e. The van der Waals surface area contributed by atoms with Gasteiger partial charge in [0.1, 0.15) is 0 Å². The van der Waals surface area contributed by atoms with Gasteiger partial charge in [-0.05, 0) is 24.5 Å². The van der Waals surface area contributed by atoms with E-state index in [1.807, 2.05) is 30.3 Å². The number of rotatable bonds is 8. The van der Waals surface area contributed by atoms with Gasteiger partial charge in [0, 0.05) is 19.0 Å². The maximum atomic E-state index is 11.5. The van der Waals surface area contributed by atoms with Gasteiger partial charge in [0.2, 0.25) is 11.8 Å². The highest BCUT2D eigenvalue weighted by Crippen LogP contribution is 2.01. The van der Waals surface area contributed by atoms with Crippen LogP contribution in [0.3, 0.4) is 0 Å². The fourth-order valence-corrected chi connectivity index (χ4v) is 1.65. The number of hydrogen-bond donors (Lipinski definition) is 3. The molecule has 0 saturated carbocycles. The molecule has 3 N–H and O–H groups in total. The molecular formula is C15H20N2O3. The molecule has 0 heterocycles. The van der Waals surface area contributed by atoms with Gasteiger partial charge in [0.15, 0.2) is 0 Å². The number of hydrogen-bond acceptors (Lipinski definition) is 3. The average molecular weight is 276 g/mol. The van der Waals surface area contributed by atoms with Crippen LogP contribution in [0, 0.1) is 0 Å². The molecule has 20 heavy (non-hydrogen) atoms. The molecule has 0 unspecified atom stereocenters. The van der Waals surface area contributed by atoms with Crippen molar-refractivity contribution in [1.29, 1.82) is 0 Å². The third-order valence-electron chi connectivity index (χ3n) is 2.73. The van der Waals surface area contributed by atoms with Crippen LogP contribution in [-0.4, -0.2) is 23.6 Å². The standard InChI is InChI=1S/C15H20N2O3/c18-14(11-10-13-7-3-1-4-8-13)16-12-6-2-5-9-15(19)17-20/h1,3-4,7-8,10-11,20H,2,5-6,9,12H2,(H,16,18)(H,17,19). The largest absolute Gasteiger partial charge is 0.353 e. The Morgan fingerprint density at radius 2 is 1.85 bits per heavy atom.